The number of imidazole rings is 1. The van der Waals surface area contributed by atoms with Gasteiger partial charge in [-0.05, 0) is 66.3 Å². The molecule has 0 aliphatic carbocycles. The minimum Gasteiger partial charge on any atom is -0.307 e. The molecule has 0 atom stereocenters. The Hall–Kier alpha value is -10.9. The number of aromatic nitrogens is 20. The quantitative estimate of drug-likeness (QED) is 0.0689. The lowest BCUT2D eigenvalue weighted by molar-refractivity contribution is 0.149. The van der Waals surface area contributed by atoms with E-state index in [2.05, 4.69) is 149 Å². The third kappa shape index (κ3) is 18.4. The van der Waals surface area contributed by atoms with Crippen LogP contribution >= 0.6 is 46.4 Å². The maximum Gasteiger partial charge on any atom is 0.184 e. The summed E-state index contributed by atoms with van der Waals surface area (Å²) in [5.41, 5.74) is 13.3. The predicted molar refractivity (Wildman–Crippen MR) is 484 cm³/mol. The molecule has 0 spiro atoms. The van der Waals surface area contributed by atoms with Crippen LogP contribution < -0.4 is 0 Å². The summed E-state index contributed by atoms with van der Waals surface area (Å²) in [6, 6.07) is 47.8. The van der Waals surface area contributed by atoms with Crippen molar-refractivity contribution in [1.29, 1.82) is 0 Å². The zero-order chi connectivity index (χ0) is 83.7. The first-order chi connectivity index (χ1) is 59.6. The van der Waals surface area contributed by atoms with Gasteiger partial charge in [-0.2, -0.15) is 20.4 Å². The minimum atomic E-state index is 0.556. The molecule has 0 unspecified atom stereocenters. The molecule has 0 radical (unpaired) electrons. The highest BCUT2D eigenvalue weighted by Gasteiger charge is 2.30. The van der Waals surface area contributed by atoms with Crippen LogP contribution in [0.25, 0.3) is 107 Å². The Morgan fingerprint density at radius 2 is 0.631 bits per heavy atom. The Morgan fingerprint density at radius 3 is 0.967 bits per heavy atom. The normalized spacial score (nSPS) is 16.2. The molecule has 5 aliphatic heterocycles. The van der Waals surface area contributed by atoms with Crippen LogP contribution in [0.1, 0.15) is 23.5 Å². The Bertz CT molecular complexity index is 5890. The maximum absolute atomic E-state index is 7.00. The van der Waals surface area contributed by atoms with E-state index in [0.717, 1.165) is 264 Å². The smallest absolute Gasteiger partial charge is 0.184 e. The summed E-state index contributed by atoms with van der Waals surface area (Å²) in [6.07, 6.45) is 13.9. The first-order valence-electron chi connectivity index (χ1n) is 41.7. The zero-order valence-corrected chi connectivity index (χ0v) is 72.6. The van der Waals surface area contributed by atoms with Gasteiger partial charge in [0.05, 0.1) is 73.5 Å². The molecule has 122 heavy (non-hydrogen) atoms. The van der Waals surface area contributed by atoms with Gasteiger partial charge in [-0.25, -0.2) is 23.7 Å². The van der Waals surface area contributed by atoms with Gasteiger partial charge in [0.15, 0.2) is 40.0 Å². The minimum absolute atomic E-state index is 0.556. The molecule has 5 aliphatic rings. The van der Waals surface area contributed by atoms with Gasteiger partial charge in [-0.1, -0.05) is 174 Å². The molecule has 4 saturated heterocycles. The molecule has 20 rings (SSSR count). The van der Waals surface area contributed by atoms with Gasteiger partial charge in [0.25, 0.3) is 0 Å². The molecule has 0 N–H and O–H groups in total. The third-order valence-electron chi connectivity index (χ3n) is 23.4. The topological polar surface area (TPSA) is 240 Å². The second-order valence-electron chi connectivity index (χ2n) is 31.7. The van der Waals surface area contributed by atoms with Gasteiger partial charge >= 0.3 is 0 Å². The number of halogens is 4. The van der Waals surface area contributed by atoms with Crippen LogP contribution in [0.3, 0.4) is 0 Å². The number of aryl methyl sites for hydroxylation is 2. The predicted octanol–water partition coefficient (Wildman–Crippen LogP) is 12.7. The Balaban J connectivity index is 0.000000116. The monoisotopic (exact) mass is 1710 g/mol. The summed E-state index contributed by atoms with van der Waals surface area (Å²) >= 11 is 27.6. The zero-order valence-electron chi connectivity index (χ0n) is 69.6. The summed E-state index contributed by atoms with van der Waals surface area (Å²) < 4.78 is 13.8. The largest absolute Gasteiger partial charge is 0.307 e. The molecule has 33 heteroatoms. The van der Waals surface area contributed by atoms with Gasteiger partial charge in [0.2, 0.25) is 0 Å². The molecule has 4 fully saturated rings. The van der Waals surface area contributed by atoms with Gasteiger partial charge in [-0.15, -0.1) is 40.8 Å². The molecule has 628 valence electrons. The van der Waals surface area contributed by atoms with E-state index in [9.17, 15) is 0 Å². The average molecular weight is 1720 g/mol. The SMILES string of the molecule is CN1CCN(CCn2nc(-n3cccc3)c3c(Cl)c(-c4ccccc4)nnc32)CC1.CN1CCN(CCn2nc(-n3ccnc3)c3c(Cl)c(-c4ccccc4)nnc32)CC1.CN1CCN(CCn2nc(C3=NC=CC3)c3c(Cl)c(-c4ccccc4)nnc32)CC1.Cc1ccc(C)n1-c1nn(CCN2CCN(C)CC2)c2nnc(-c3ccccc3)c(Cl)c12. The van der Waals surface area contributed by atoms with Crippen LogP contribution in [0.4, 0.5) is 0 Å². The van der Waals surface area contributed by atoms with Crippen molar-refractivity contribution in [1.82, 2.24) is 138 Å². The molecule has 0 bridgehead atoms. The van der Waals surface area contributed by atoms with Crippen molar-refractivity contribution in [3.8, 4) is 62.5 Å². The lowest BCUT2D eigenvalue weighted by Gasteiger charge is -2.32. The van der Waals surface area contributed by atoms with Crippen molar-refractivity contribution in [2.24, 2.45) is 4.99 Å². The van der Waals surface area contributed by atoms with E-state index in [-0.39, 0.29) is 0 Å². The molecule has 4 aromatic carbocycles. The van der Waals surface area contributed by atoms with E-state index in [1.807, 2.05) is 192 Å². The van der Waals surface area contributed by atoms with Crippen LogP contribution in [0, 0.1) is 13.8 Å². The number of aliphatic imine (C=N–C) groups is 1. The third-order valence-corrected chi connectivity index (χ3v) is 24.9. The number of hydrogen-bond donors (Lipinski definition) is 0. The number of piperazine rings is 4. The second kappa shape index (κ2) is 38.2. The fourth-order valence-corrected chi connectivity index (χ4v) is 17.4. The number of fused-ring (bicyclic) bond motifs is 4. The lowest BCUT2D eigenvalue weighted by Crippen LogP contribution is -2.45. The highest BCUT2D eigenvalue weighted by molar-refractivity contribution is 6.40. The van der Waals surface area contributed by atoms with E-state index < -0.39 is 0 Å². The van der Waals surface area contributed by atoms with Gasteiger partial charge in [0, 0.05) is 202 Å². The van der Waals surface area contributed by atoms with E-state index in [4.69, 9.17) is 66.8 Å². The Kier molecular flexibility index (Phi) is 26.1. The first kappa shape index (κ1) is 83.4. The van der Waals surface area contributed by atoms with Crippen molar-refractivity contribution >= 4 is 96.2 Å². The molecule has 11 aromatic heterocycles. The summed E-state index contributed by atoms with van der Waals surface area (Å²) in [5.74, 6) is 2.32. The number of allylic oxidation sites excluding steroid dienone is 1. The standard InChI is InChI=1S/C24H28ClN7.2C22H24ClN7.C21H23ClN8/c1-17-9-10-18(2)32(17)24-20-21(25)22(19-7-5-4-6-8-19)26-27-23(20)31(28-24)16-15-30-13-11-29(3)12-14-30;1-27-11-13-28(14-12-27)15-16-30-21-18(22(26-30)29-9-5-6-10-29)19(23)20(24-25-21)17-7-3-2-4-8-17;1-28-10-12-29(13-11-28)14-15-30-22-18(21(27-30)17-8-5-9-24-17)19(23)20(25-26-22)16-6-3-2-4-7-16;1-27-9-11-28(12-10-27)13-14-30-20-17(21(26-30)29-8-7-23-15-29)18(22)19(24-25-20)16-5-3-2-4-6-16/h4-10H,11-16H2,1-3H3;2-10H,11-16H2,1H3;2-7,9H,8,10-15H2,1H3;2-8,15H,9-14H2,1H3. The number of likely N-dealkylation sites (N-methyl/N-ethyl adjacent to an activating group) is 4. The van der Waals surface area contributed by atoms with Crippen molar-refractivity contribution < 1.29 is 0 Å². The molecular weight excluding hydrogens is 1620 g/mol. The Labute approximate surface area is 728 Å². The van der Waals surface area contributed by atoms with E-state index >= 15 is 0 Å². The molecule has 0 saturated carbocycles. The highest BCUT2D eigenvalue weighted by Crippen LogP contribution is 2.40. The van der Waals surface area contributed by atoms with Gasteiger partial charge in [-0.3, -0.25) is 29.2 Å². The van der Waals surface area contributed by atoms with Crippen LogP contribution in [-0.4, -0.2) is 303 Å². The van der Waals surface area contributed by atoms with Crippen LogP contribution in [0.15, 0.2) is 194 Å². The number of hydrogen-bond acceptors (Lipinski definition) is 22. The first-order valence-corrected chi connectivity index (χ1v) is 43.2. The van der Waals surface area contributed by atoms with Crippen molar-refractivity contribution in [2.75, 3.05) is 159 Å². The van der Waals surface area contributed by atoms with Crippen molar-refractivity contribution in [3.63, 3.8) is 0 Å². The summed E-state index contributed by atoms with van der Waals surface area (Å²) in [4.78, 5) is 28.0. The fraction of sp³-hybridized carbons (Fsp3) is 0.348. The van der Waals surface area contributed by atoms with Crippen molar-refractivity contribution in [2.45, 2.75) is 46.4 Å². The maximum atomic E-state index is 7.00. The van der Waals surface area contributed by atoms with Crippen LogP contribution in [0.2, 0.25) is 20.1 Å². The number of rotatable bonds is 20. The highest BCUT2D eigenvalue weighted by atomic mass is 35.5. The molecule has 15 aromatic rings. The molecule has 16 heterocycles. The summed E-state index contributed by atoms with van der Waals surface area (Å²) in [6.45, 7) is 28.2. The molecular formula is C89H99Cl4N29. The van der Waals surface area contributed by atoms with E-state index in [1.165, 1.54) is 0 Å². The van der Waals surface area contributed by atoms with E-state index in [0.29, 0.717) is 48.5 Å². The van der Waals surface area contributed by atoms with E-state index in [1.54, 1.807) is 12.5 Å². The number of benzene rings is 4. The van der Waals surface area contributed by atoms with Gasteiger partial charge in [0.1, 0.15) is 34.8 Å². The second-order valence-corrected chi connectivity index (χ2v) is 33.2. The summed E-state index contributed by atoms with van der Waals surface area (Å²) in [7, 11) is 8.68. The summed E-state index contributed by atoms with van der Waals surface area (Å²) in [5, 5.41) is 61.4. The van der Waals surface area contributed by atoms with Crippen LogP contribution in [-0.2, 0) is 26.2 Å². The molecule has 0 amide bonds. The van der Waals surface area contributed by atoms with Crippen molar-refractivity contribution in [3.05, 3.63) is 226 Å². The van der Waals surface area contributed by atoms with Crippen LogP contribution in [0.5, 0.6) is 0 Å². The lowest BCUT2D eigenvalue weighted by atomic mass is 10.1. The fourth-order valence-electron chi connectivity index (χ4n) is 16.1. The molecule has 29 nitrogen and oxygen atoms in total. The number of nitrogens with zero attached hydrogens (tertiary/aromatic N) is 29. The average Bonchev–Trinajstić information content (AvgIpc) is 1.67. The Morgan fingerprint density at radius 1 is 0.311 bits per heavy atom. The van der Waals surface area contributed by atoms with Gasteiger partial charge < -0.3 is 28.7 Å².